The second kappa shape index (κ2) is 7.36. The molecule has 0 bridgehead atoms. The van der Waals surface area contributed by atoms with Gasteiger partial charge in [-0.25, -0.2) is 0 Å². The quantitative estimate of drug-likeness (QED) is 0.517. The SMILES string of the molecule is Cc1cccc(C)c1NC(=O)CN=Cc1cc([N+](=O)[O-])ccc1[O-]. The molecule has 1 amide bonds. The topological polar surface area (TPSA) is 108 Å². The van der Waals surface area contributed by atoms with E-state index in [9.17, 15) is 20.0 Å². The number of nitrogens with one attached hydrogen (secondary N) is 1. The number of nitro benzene ring substituents is 1. The highest BCUT2D eigenvalue weighted by molar-refractivity contribution is 5.95. The van der Waals surface area contributed by atoms with E-state index in [4.69, 9.17) is 0 Å². The molecule has 0 saturated heterocycles. The lowest BCUT2D eigenvalue weighted by Gasteiger charge is -2.10. The molecule has 0 radical (unpaired) electrons. The molecule has 124 valence electrons. The van der Waals surface area contributed by atoms with Crippen LogP contribution in [0.15, 0.2) is 41.4 Å². The van der Waals surface area contributed by atoms with E-state index in [1.807, 2.05) is 32.0 Å². The molecular weight excluding hydrogens is 310 g/mol. The molecule has 0 aromatic heterocycles. The number of aryl methyl sites for hydroxylation is 2. The maximum atomic E-state index is 12.0. The number of carbonyl (C=O) groups is 1. The zero-order valence-corrected chi connectivity index (χ0v) is 13.3. The van der Waals surface area contributed by atoms with E-state index in [0.717, 1.165) is 35.0 Å². The number of anilines is 1. The second-order valence-corrected chi connectivity index (χ2v) is 5.26. The van der Waals surface area contributed by atoms with E-state index < -0.39 is 4.92 Å². The Morgan fingerprint density at radius 3 is 2.54 bits per heavy atom. The summed E-state index contributed by atoms with van der Waals surface area (Å²) in [6.45, 7) is 3.59. The number of amides is 1. The number of rotatable bonds is 5. The third-order valence-corrected chi connectivity index (χ3v) is 3.42. The summed E-state index contributed by atoms with van der Waals surface area (Å²) >= 11 is 0. The highest BCUT2D eigenvalue weighted by Crippen LogP contribution is 2.20. The van der Waals surface area contributed by atoms with Crippen LogP contribution in [0.2, 0.25) is 0 Å². The molecule has 0 aliphatic carbocycles. The van der Waals surface area contributed by atoms with Crippen molar-refractivity contribution in [2.45, 2.75) is 13.8 Å². The molecule has 0 aliphatic heterocycles. The predicted molar refractivity (Wildman–Crippen MR) is 89.5 cm³/mol. The van der Waals surface area contributed by atoms with E-state index in [1.54, 1.807) is 0 Å². The Hall–Kier alpha value is -3.22. The number of aliphatic imine (C=N–C) groups is 1. The van der Waals surface area contributed by atoms with Crippen molar-refractivity contribution in [2.24, 2.45) is 4.99 Å². The first kappa shape index (κ1) is 17.1. The van der Waals surface area contributed by atoms with Crippen molar-refractivity contribution in [3.05, 3.63) is 63.2 Å². The number of nitro groups is 1. The fourth-order valence-corrected chi connectivity index (χ4v) is 2.17. The van der Waals surface area contributed by atoms with E-state index in [1.165, 1.54) is 6.21 Å². The van der Waals surface area contributed by atoms with E-state index in [0.29, 0.717) is 0 Å². The van der Waals surface area contributed by atoms with Crippen LogP contribution >= 0.6 is 0 Å². The van der Waals surface area contributed by atoms with Crippen molar-refractivity contribution in [1.82, 2.24) is 0 Å². The summed E-state index contributed by atoms with van der Waals surface area (Å²) < 4.78 is 0. The highest BCUT2D eigenvalue weighted by atomic mass is 16.6. The molecular formula is C17H16N3O4-. The molecule has 0 spiro atoms. The third-order valence-electron chi connectivity index (χ3n) is 3.42. The van der Waals surface area contributed by atoms with Gasteiger partial charge in [0.15, 0.2) is 0 Å². The Kier molecular flexibility index (Phi) is 5.26. The van der Waals surface area contributed by atoms with E-state index in [-0.39, 0.29) is 29.5 Å². The van der Waals surface area contributed by atoms with Crippen molar-refractivity contribution in [1.29, 1.82) is 0 Å². The fourth-order valence-electron chi connectivity index (χ4n) is 2.17. The molecule has 0 saturated carbocycles. The van der Waals surface area contributed by atoms with Gasteiger partial charge in [-0.2, -0.15) is 0 Å². The van der Waals surface area contributed by atoms with Crippen molar-refractivity contribution >= 4 is 23.5 Å². The van der Waals surface area contributed by atoms with Crippen LogP contribution < -0.4 is 10.4 Å². The summed E-state index contributed by atoms with van der Waals surface area (Å²) in [4.78, 5) is 26.0. The summed E-state index contributed by atoms with van der Waals surface area (Å²) in [5.41, 5.74) is 2.48. The molecule has 7 heteroatoms. The van der Waals surface area contributed by atoms with Crippen LogP contribution in [0.3, 0.4) is 0 Å². The normalized spacial score (nSPS) is 10.8. The number of benzene rings is 2. The van der Waals surface area contributed by atoms with Crippen LogP contribution in [0.25, 0.3) is 0 Å². The number of nitrogens with zero attached hydrogens (tertiary/aromatic N) is 2. The zero-order valence-electron chi connectivity index (χ0n) is 13.3. The van der Waals surface area contributed by atoms with E-state index >= 15 is 0 Å². The molecule has 7 nitrogen and oxygen atoms in total. The van der Waals surface area contributed by atoms with Gasteiger partial charge in [0.2, 0.25) is 5.91 Å². The largest absolute Gasteiger partial charge is 0.872 e. The molecule has 0 atom stereocenters. The molecule has 0 heterocycles. The Labute approximate surface area is 138 Å². The van der Waals surface area contributed by atoms with Crippen molar-refractivity contribution in [3.63, 3.8) is 0 Å². The number of hydrogen-bond acceptors (Lipinski definition) is 5. The van der Waals surface area contributed by atoms with Crippen LogP contribution in [0.5, 0.6) is 5.75 Å². The van der Waals surface area contributed by atoms with Gasteiger partial charge in [0.1, 0.15) is 6.54 Å². The standard InChI is InChI=1S/C17H17N3O4/c1-11-4-3-5-12(2)17(11)19-16(22)10-18-9-13-8-14(20(23)24)6-7-15(13)21/h3-9,21H,10H2,1-2H3,(H,19,22)/p-1. The van der Waals surface area contributed by atoms with Gasteiger partial charge in [-0.05, 0) is 30.5 Å². The summed E-state index contributed by atoms with van der Waals surface area (Å²) in [5.74, 6) is -0.721. The summed E-state index contributed by atoms with van der Waals surface area (Å²) in [5, 5.41) is 25.1. The third kappa shape index (κ3) is 4.16. The highest BCUT2D eigenvalue weighted by Gasteiger charge is 2.07. The first-order chi connectivity index (χ1) is 11.4. The van der Waals surface area contributed by atoms with Gasteiger partial charge in [0.05, 0.1) is 4.92 Å². The van der Waals surface area contributed by atoms with Gasteiger partial charge < -0.3 is 10.4 Å². The Morgan fingerprint density at radius 1 is 1.25 bits per heavy atom. The number of non-ortho nitro benzene ring substituents is 1. The molecule has 2 aromatic rings. The summed E-state index contributed by atoms with van der Waals surface area (Å²) in [6.07, 6.45) is 1.18. The summed E-state index contributed by atoms with van der Waals surface area (Å²) in [6, 6.07) is 9.05. The number of carbonyl (C=O) groups excluding carboxylic acids is 1. The van der Waals surface area contributed by atoms with Gasteiger partial charge in [0, 0.05) is 24.0 Å². The lowest BCUT2D eigenvalue weighted by molar-refractivity contribution is -0.385. The van der Waals surface area contributed by atoms with Gasteiger partial charge >= 0.3 is 0 Å². The average Bonchev–Trinajstić information content (AvgIpc) is 2.52. The molecule has 0 unspecified atom stereocenters. The maximum Gasteiger partial charge on any atom is 0.270 e. The van der Waals surface area contributed by atoms with Crippen molar-refractivity contribution in [2.75, 3.05) is 11.9 Å². The zero-order chi connectivity index (χ0) is 17.7. The van der Waals surface area contributed by atoms with Crippen molar-refractivity contribution < 1.29 is 14.8 Å². The summed E-state index contributed by atoms with van der Waals surface area (Å²) in [7, 11) is 0. The van der Waals surface area contributed by atoms with Crippen LogP contribution in [0.4, 0.5) is 11.4 Å². The second-order valence-electron chi connectivity index (χ2n) is 5.26. The Balaban J connectivity index is 2.05. The lowest BCUT2D eigenvalue weighted by atomic mass is 10.1. The van der Waals surface area contributed by atoms with Gasteiger partial charge in [-0.3, -0.25) is 19.9 Å². The van der Waals surface area contributed by atoms with Gasteiger partial charge in [0.25, 0.3) is 5.69 Å². The first-order valence-electron chi connectivity index (χ1n) is 7.20. The number of hydrogen-bond donors (Lipinski definition) is 1. The van der Waals surface area contributed by atoms with Gasteiger partial charge in [-0.1, -0.05) is 30.0 Å². The minimum atomic E-state index is -0.593. The minimum Gasteiger partial charge on any atom is -0.872 e. The van der Waals surface area contributed by atoms with Crippen molar-refractivity contribution in [3.8, 4) is 5.75 Å². The van der Waals surface area contributed by atoms with Crippen LogP contribution in [0.1, 0.15) is 16.7 Å². The molecule has 2 aromatic carbocycles. The lowest BCUT2D eigenvalue weighted by Crippen LogP contribution is -2.16. The molecule has 2 rings (SSSR count). The molecule has 0 aliphatic rings. The monoisotopic (exact) mass is 326 g/mol. The van der Waals surface area contributed by atoms with Crippen LogP contribution in [-0.2, 0) is 4.79 Å². The van der Waals surface area contributed by atoms with Crippen LogP contribution in [-0.4, -0.2) is 23.6 Å². The van der Waals surface area contributed by atoms with Gasteiger partial charge in [-0.15, -0.1) is 0 Å². The van der Waals surface area contributed by atoms with E-state index in [2.05, 4.69) is 10.3 Å². The Bertz CT molecular complexity index is 795. The maximum absolute atomic E-state index is 12.0. The predicted octanol–water partition coefficient (Wildman–Crippen LogP) is 2.34. The fraction of sp³-hybridized carbons (Fsp3) is 0.176. The van der Waals surface area contributed by atoms with Crippen LogP contribution in [0, 0.1) is 24.0 Å². The molecule has 24 heavy (non-hydrogen) atoms. The molecule has 1 N–H and O–H groups in total. The first-order valence-corrected chi connectivity index (χ1v) is 7.20. The average molecular weight is 326 g/mol. The number of para-hydroxylation sites is 1. The molecule has 0 fully saturated rings. The Morgan fingerprint density at radius 2 is 1.92 bits per heavy atom. The minimum absolute atomic E-state index is 0.0732. The smallest absolute Gasteiger partial charge is 0.270 e.